The van der Waals surface area contributed by atoms with Crippen LogP contribution >= 0.6 is 0 Å². The summed E-state index contributed by atoms with van der Waals surface area (Å²) in [5.74, 6) is 0. The lowest BCUT2D eigenvalue weighted by Gasteiger charge is -2.15. The van der Waals surface area contributed by atoms with Gasteiger partial charge in [0.05, 0.1) is 18.6 Å². The van der Waals surface area contributed by atoms with Crippen LogP contribution in [0, 0.1) is 0 Å². The Balaban J connectivity index is 3.28. The average molecular weight is 143 g/mol. The first-order valence-electron chi connectivity index (χ1n) is 3.41. The van der Waals surface area contributed by atoms with E-state index >= 15 is 0 Å². The van der Waals surface area contributed by atoms with Crippen molar-refractivity contribution in [2.24, 2.45) is 5.11 Å². The number of rotatable bonds is 3. The van der Waals surface area contributed by atoms with Crippen LogP contribution in [0.4, 0.5) is 0 Å². The molecule has 10 heavy (non-hydrogen) atoms. The molecule has 0 bridgehead atoms. The minimum absolute atomic E-state index is 0.241. The Hall–Kier alpha value is -0.730. The molecule has 0 saturated carbocycles. The van der Waals surface area contributed by atoms with Gasteiger partial charge in [-0.15, -0.1) is 0 Å². The van der Waals surface area contributed by atoms with Crippen molar-refractivity contribution >= 4 is 0 Å². The number of nitrogens with two attached hydrogens (primary N) is 1. The molecule has 0 unspecified atom stereocenters. The molecule has 0 atom stereocenters. The van der Waals surface area contributed by atoms with Crippen LogP contribution < -0.4 is 5.32 Å². The van der Waals surface area contributed by atoms with Crippen LogP contribution in [0.5, 0.6) is 0 Å². The predicted molar refractivity (Wildman–Crippen MR) is 40.6 cm³/mol. The zero-order chi connectivity index (χ0) is 8.04. The Bertz CT molecular complexity index is 129. The average Bonchev–Trinajstić information content (AvgIpc) is 1.78. The molecule has 0 fully saturated rings. The Morgan fingerprint density at radius 3 is 2.50 bits per heavy atom. The predicted octanol–water partition coefficient (Wildman–Crippen LogP) is 0.659. The van der Waals surface area contributed by atoms with Crippen molar-refractivity contribution in [2.75, 3.05) is 13.1 Å². The van der Waals surface area contributed by atoms with Gasteiger partial charge < -0.3 is 5.32 Å². The molecular formula is C6H15N4+. The van der Waals surface area contributed by atoms with E-state index in [0.717, 1.165) is 6.54 Å². The molecule has 4 nitrogen and oxygen atoms in total. The summed E-state index contributed by atoms with van der Waals surface area (Å²) in [5, 5.41) is 5.58. The van der Waals surface area contributed by atoms with Crippen LogP contribution in [0.15, 0.2) is 5.11 Å². The Kier molecular flexibility index (Phi) is 3.84. The number of hydrogen-bond acceptors (Lipinski definition) is 1. The van der Waals surface area contributed by atoms with Crippen molar-refractivity contribution in [1.82, 2.24) is 0 Å². The monoisotopic (exact) mass is 143 g/mol. The van der Waals surface area contributed by atoms with Gasteiger partial charge in [-0.2, -0.15) is 0 Å². The Morgan fingerprint density at radius 1 is 1.50 bits per heavy atom. The molecule has 0 radical (unpaired) electrons. The van der Waals surface area contributed by atoms with E-state index in [1.54, 1.807) is 0 Å². The van der Waals surface area contributed by atoms with E-state index in [2.05, 4.69) is 36.1 Å². The molecule has 2 N–H and O–H groups in total. The topological polar surface area (TPSA) is 65.4 Å². The summed E-state index contributed by atoms with van der Waals surface area (Å²) in [4.78, 5) is 2.66. The molecule has 0 saturated heterocycles. The van der Waals surface area contributed by atoms with Crippen LogP contribution in [0.25, 0.3) is 10.4 Å². The first-order chi connectivity index (χ1) is 4.56. The minimum atomic E-state index is 0.241. The number of nitrogens with zero attached hydrogens (tertiary/aromatic N) is 3. The van der Waals surface area contributed by atoms with Crippen LogP contribution in [0.3, 0.4) is 0 Å². The maximum absolute atomic E-state index is 7.94. The second-order valence-corrected chi connectivity index (χ2v) is 3.31. The fraction of sp³-hybridized carbons (Fsp3) is 1.00. The maximum atomic E-state index is 7.94. The van der Waals surface area contributed by atoms with E-state index in [1.807, 2.05) is 0 Å². The van der Waals surface area contributed by atoms with Gasteiger partial charge in [-0.05, 0) is 26.3 Å². The van der Waals surface area contributed by atoms with Gasteiger partial charge >= 0.3 is 0 Å². The third-order valence-corrected chi connectivity index (χ3v) is 1.05. The van der Waals surface area contributed by atoms with E-state index in [4.69, 9.17) is 5.53 Å². The molecular weight excluding hydrogens is 128 g/mol. The first kappa shape index (κ1) is 9.27. The molecule has 0 amide bonds. The molecule has 0 aromatic carbocycles. The summed E-state index contributed by atoms with van der Waals surface area (Å²) >= 11 is 0. The van der Waals surface area contributed by atoms with Gasteiger partial charge in [0.25, 0.3) is 0 Å². The van der Waals surface area contributed by atoms with E-state index in [1.165, 1.54) is 0 Å². The molecule has 0 rings (SSSR count). The number of quaternary nitrogens is 1. The van der Waals surface area contributed by atoms with Gasteiger partial charge in [-0.1, -0.05) is 5.11 Å². The summed E-state index contributed by atoms with van der Waals surface area (Å²) in [6.07, 6.45) is 0. The maximum Gasteiger partial charge on any atom is 0.0876 e. The van der Waals surface area contributed by atoms with Crippen LogP contribution in [-0.4, -0.2) is 18.6 Å². The fourth-order valence-electron chi connectivity index (χ4n) is 0.600. The van der Waals surface area contributed by atoms with Crippen molar-refractivity contribution < 1.29 is 5.32 Å². The normalized spacial score (nSPS) is 10.7. The van der Waals surface area contributed by atoms with Crippen molar-refractivity contribution in [2.45, 2.75) is 26.3 Å². The third-order valence-electron chi connectivity index (χ3n) is 1.05. The molecule has 0 aliphatic rings. The minimum Gasteiger partial charge on any atom is -0.342 e. The van der Waals surface area contributed by atoms with Gasteiger partial charge in [-0.3, -0.25) is 0 Å². The van der Waals surface area contributed by atoms with Crippen molar-refractivity contribution in [3.8, 4) is 0 Å². The Morgan fingerprint density at radius 2 is 2.10 bits per heavy atom. The van der Waals surface area contributed by atoms with Crippen molar-refractivity contribution in [3.05, 3.63) is 10.4 Å². The molecule has 4 heteroatoms. The molecule has 0 aliphatic carbocycles. The van der Waals surface area contributed by atoms with Crippen LogP contribution in [0.1, 0.15) is 20.8 Å². The van der Waals surface area contributed by atoms with Crippen LogP contribution in [-0.2, 0) is 0 Å². The quantitative estimate of drug-likeness (QED) is 0.261. The molecule has 0 aliphatic heterocycles. The lowest BCUT2D eigenvalue weighted by atomic mass is 10.1. The Labute approximate surface area is 61.2 Å². The number of hydrogen-bond donors (Lipinski definition) is 1. The summed E-state index contributed by atoms with van der Waals surface area (Å²) in [5.41, 5.74) is 8.18. The molecule has 0 aromatic heterocycles. The fourth-order valence-corrected chi connectivity index (χ4v) is 0.600. The van der Waals surface area contributed by atoms with Gasteiger partial charge in [0.1, 0.15) is 0 Å². The van der Waals surface area contributed by atoms with E-state index in [9.17, 15) is 0 Å². The van der Waals surface area contributed by atoms with E-state index in [0.29, 0.717) is 6.54 Å². The zero-order valence-electron chi connectivity index (χ0n) is 6.83. The van der Waals surface area contributed by atoms with E-state index in [-0.39, 0.29) is 5.54 Å². The van der Waals surface area contributed by atoms with E-state index < -0.39 is 0 Å². The highest BCUT2D eigenvalue weighted by Gasteiger charge is 2.10. The lowest BCUT2D eigenvalue weighted by Crippen LogP contribution is -2.94. The highest BCUT2D eigenvalue weighted by Crippen LogP contribution is 1.87. The highest BCUT2D eigenvalue weighted by molar-refractivity contribution is 4.53. The smallest absolute Gasteiger partial charge is 0.0876 e. The lowest BCUT2D eigenvalue weighted by molar-refractivity contribution is -0.715. The van der Waals surface area contributed by atoms with Gasteiger partial charge in [0.15, 0.2) is 0 Å². The summed E-state index contributed by atoms with van der Waals surface area (Å²) in [6.45, 7) is 7.83. The van der Waals surface area contributed by atoms with Gasteiger partial charge in [0, 0.05) is 4.91 Å². The second kappa shape index (κ2) is 4.14. The van der Waals surface area contributed by atoms with Crippen LogP contribution in [0.2, 0.25) is 0 Å². The molecule has 58 valence electrons. The largest absolute Gasteiger partial charge is 0.342 e. The molecule has 0 aromatic rings. The molecule has 0 heterocycles. The second-order valence-electron chi connectivity index (χ2n) is 3.31. The zero-order valence-corrected chi connectivity index (χ0v) is 6.83. The van der Waals surface area contributed by atoms with Gasteiger partial charge in [0.2, 0.25) is 0 Å². The van der Waals surface area contributed by atoms with Gasteiger partial charge in [-0.25, -0.2) is 0 Å². The summed E-state index contributed by atoms with van der Waals surface area (Å²) in [7, 11) is 0. The van der Waals surface area contributed by atoms with Crippen molar-refractivity contribution in [3.63, 3.8) is 0 Å². The number of azide groups is 1. The standard InChI is InChI=1S/C6H14N4/c1-6(2,3)8-4-5-9-10-7/h8H,4-5H2,1-3H3/p+1. The summed E-state index contributed by atoms with van der Waals surface area (Å²) in [6, 6.07) is 0. The highest BCUT2D eigenvalue weighted by atomic mass is 15.1. The van der Waals surface area contributed by atoms with Crippen molar-refractivity contribution in [1.29, 1.82) is 0 Å². The summed E-state index contributed by atoms with van der Waals surface area (Å²) < 4.78 is 0. The molecule has 0 spiro atoms. The third kappa shape index (κ3) is 7.27. The SMILES string of the molecule is CC(C)(C)[NH2+]CCN=[N+]=[N-]. The first-order valence-corrected chi connectivity index (χ1v) is 3.41.